The Morgan fingerprint density at radius 1 is 1.33 bits per heavy atom. The van der Waals surface area contributed by atoms with Crippen LogP contribution >= 0.6 is 11.3 Å². The highest BCUT2D eigenvalue weighted by Gasteiger charge is 2.23. The Labute approximate surface area is 158 Å². The van der Waals surface area contributed by atoms with E-state index in [2.05, 4.69) is 9.97 Å². The molecule has 0 aliphatic carbocycles. The second-order valence-corrected chi connectivity index (χ2v) is 6.85. The van der Waals surface area contributed by atoms with Crippen LogP contribution in [0.5, 0.6) is 0 Å². The summed E-state index contributed by atoms with van der Waals surface area (Å²) in [6.45, 7) is 6.87. The number of aromatic amines is 1. The molecule has 0 fully saturated rings. The van der Waals surface area contributed by atoms with Crippen LogP contribution in [0.3, 0.4) is 0 Å². The van der Waals surface area contributed by atoms with E-state index in [0.717, 1.165) is 11.3 Å². The maximum absolute atomic E-state index is 12.5. The first-order chi connectivity index (χ1) is 12.8. The van der Waals surface area contributed by atoms with E-state index in [9.17, 15) is 14.4 Å². The van der Waals surface area contributed by atoms with Crippen LogP contribution in [0.25, 0.3) is 10.2 Å². The Kier molecular flexibility index (Phi) is 5.13. The number of ether oxygens (including phenoxy) is 2. The van der Waals surface area contributed by atoms with Crippen molar-refractivity contribution in [3.63, 3.8) is 0 Å². The van der Waals surface area contributed by atoms with E-state index in [1.54, 1.807) is 27.7 Å². The number of esters is 2. The first kappa shape index (κ1) is 18.8. The molecule has 1 N–H and O–H groups in total. The average molecular weight is 390 g/mol. The molecule has 0 aliphatic rings. The molecular formula is C18H18N2O6S. The van der Waals surface area contributed by atoms with Gasteiger partial charge in [0.1, 0.15) is 21.0 Å². The number of nitrogens with one attached hydrogen (secondary N) is 1. The predicted octanol–water partition coefficient (Wildman–Crippen LogP) is 3.29. The molecule has 0 spiro atoms. The first-order valence-electron chi connectivity index (χ1n) is 8.29. The van der Waals surface area contributed by atoms with Gasteiger partial charge in [-0.05, 0) is 39.3 Å². The number of furan rings is 1. The molecule has 3 aromatic rings. The quantitative estimate of drug-likeness (QED) is 0.665. The van der Waals surface area contributed by atoms with Crippen LogP contribution in [0.1, 0.15) is 57.1 Å². The molecular weight excluding hydrogens is 372 g/mol. The molecule has 0 unspecified atom stereocenters. The largest absolute Gasteiger partial charge is 0.469 e. The lowest BCUT2D eigenvalue weighted by molar-refractivity contribution is 0.0317. The molecule has 27 heavy (non-hydrogen) atoms. The Bertz CT molecular complexity index is 1080. The molecule has 142 valence electrons. The van der Waals surface area contributed by atoms with E-state index < -0.39 is 23.6 Å². The summed E-state index contributed by atoms with van der Waals surface area (Å²) in [7, 11) is 0. The van der Waals surface area contributed by atoms with E-state index in [-0.39, 0.29) is 12.4 Å². The van der Waals surface area contributed by atoms with Crippen LogP contribution in [-0.4, -0.2) is 28.5 Å². The fourth-order valence-electron chi connectivity index (χ4n) is 2.62. The number of hydrogen-bond donors (Lipinski definition) is 1. The molecule has 1 atom stereocenters. The number of hydrogen-bond acceptors (Lipinski definition) is 8. The van der Waals surface area contributed by atoms with E-state index in [4.69, 9.17) is 13.9 Å². The highest BCUT2D eigenvalue weighted by atomic mass is 32.1. The molecule has 0 bridgehead atoms. The van der Waals surface area contributed by atoms with Gasteiger partial charge in [0, 0.05) is 0 Å². The second-order valence-electron chi connectivity index (χ2n) is 5.85. The van der Waals surface area contributed by atoms with Gasteiger partial charge in [-0.15, -0.1) is 11.3 Å². The Balaban J connectivity index is 1.93. The van der Waals surface area contributed by atoms with E-state index in [1.807, 2.05) is 0 Å². The molecule has 0 aromatic carbocycles. The fourth-order valence-corrected chi connectivity index (χ4v) is 3.70. The number of aryl methyl sites for hydroxylation is 2. The van der Waals surface area contributed by atoms with Gasteiger partial charge in [0.05, 0.1) is 18.3 Å². The molecule has 0 saturated carbocycles. The van der Waals surface area contributed by atoms with E-state index in [1.165, 1.54) is 12.3 Å². The third-order valence-corrected chi connectivity index (χ3v) is 5.19. The lowest BCUT2D eigenvalue weighted by Crippen LogP contribution is -2.17. The van der Waals surface area contributed by atoms with Crippen LogP contribution in [0.15, 0.2) is 21.5 Å². The summed E-state index contributed by atoms with van der Waals surface area (Å²) < 4.78 is 15.5. The number of nitrogens with zero attached hydrogens (tertiary/aromatic N) is 1. The minimum absolute atomic E-state index is 0.193. The number of aromatic nitrogens is 2. The molecule has 8 nitrogen and oxygen atoms in total. The van der Waals surface area contributed by atoms with Gasteiger partial charge in [-0.2, -0.15) is 0 Å². The monoisotopic (exact) mass is 390 g/mol. The Morgan fingerprint density at radius 3 is 2.70 bits per heavy atom. The van der Waals surface area contributed by atoms with Crippen molar-refractivity contribution in [1.29, 1.82) is 0 Å². The van der Waals surface area contributed by atoms with Crippen molar-refractivity contribution in [3.8, 4) is 0 Å². The van der Waals surface area contributed by atoms with Crippen molar-refractivity contribution in [2.45, 2.75) is 33.8 Å². The van der Waals surface area contributed by atoms with Crippen LogP contribution in [0.2, 0.25) is 0 Å². The molecule has 0 amide bonds. The maximum atomic E-state index is 12.5. The normalized spacial score (nSPS) is 12.1. The van der Waals surface area contributed by atoms with Crippen molar-refractivity contribution < 1.29 is 23.5 Å². The lowest BCUT2D eigenvalue weighted by Gasteiger charge is -2.12. The summed E-state index contributed by atoms with van der Waals surface area (Å²) in [5.74, 6) is -0.435. The van der Waals surface area contributed by atoms with Crippen molar-refractivity contribution in [2.75, 3.05) is 6.61 Å². The van der Waals surface area contributed by atoms with Crippen LogP contribution in [0.4, 0.5) is 0 Å². The fraction of sp³-hybridized carbons (Fsp3) is 0.333. The minimum Gasteiger partial charge on any atom is -0.469 e. The van der Waals surface area contributed by atoms with Crippen molar-refractivity contribution >= 4 is 33.5 Å². The molecule has 3 rings (SSSR count). The number of fused-ring (bicyclic) bond motifs is 1. The van der Waals surface area contributed by atoms with Crippen molar-refractivity contribution in [1.82, 2.24) is 9.97 Å². The summed E-state index contributed by atoms with van der Waals surface area (Å²) in [5.41, 5.74) is 0.427. The smallest absolute Gasteiger partial charge is 0.348 e. The Hall–Kier alpha value is -2.94. The minimum atomic E-state index is -0.794. The molecule has 0 saturated heterocycles. The molecule has 3 aromatic heterocycles. The second kappa shape index (κ2) is 7.36. The van der Waals surface area contributed by atoms with Crippen molar-refractivity contribution in [3.05, 3.63) is 50.3 Å². The average Bonchev–Trinajstić information content (AvgIpc) is 3.18. The topological polar surface area (TPSA) is 111 Å². The molecule has 0 aliphatic heterocycles. The number of rotatable bonds is 5. The summed E-state index contributed by atoms with van der Waals surface area (Å²) >= 11 is 1.08. The highest BCUT2D eigenvalue weighted by molar-refractivity contribution is 7.20. The number of carbonyl (C=O) groups is 2. The molecule has 9 heteroatoms. The van der Waals surface area contributed by atoms with Gasteiger partial charge in [0.2, 0.25) is 0 Å². The van der Waals surface area contributed by atoms with E-state index >= 15 is 0 Å². The standard InChI is InChI=1S/C18H18N2O6S/c1-5-24-18(23)13-8(2)12-15(21)19-14(20-16(12)27-13)10(4)26-17(22)11-6-7-25-9(11)3/h6-7,10H,5H2,1-4H3,(H,19,20,21)/t10-/m0/s1. The van der Waals surface area contributed by atoms with Gasteiger partial charge >= 0.3 is 11.9 Å². The van der Waals surface area contributed by atoms with Crippen LogP contribution in [0, 0.1) is 13.8 Å². The summed E-state index contributed by atoms with van der Waals surface area (Å²) in [4.78, 5) is 44.5. The van der Waals surface area contributed by atoms with Crippen molar-refractivity contribution in [2.24, 2.45) is 0 Å². The zero-order valence-corrected chi connectivity index (χ0v) is 16.1. The van der Waals surface area contributed by atoms with Gasteiger partial charge in [-0.1, -0.05) is 0 Å². The SMILES string of the molecule is CCOC(=O)c1sc2nc([C@H](C)OC(=O)c3ccoc3C)[nH]c(=O)c2c1C. The summed E-state index contributed by atoms with van der Waals surface area (Å²) in [5, 5.41) is 0.330. The van der Waals surface area contributed by atoms with Gasteiger partial charge in [-0.3, -0.25) is 4.79 Å². The highest BCUT2D eigenvalue weighted by Crippen LogP contribution is 2.28. The van der Waals surface area contributed by atoms with E-state index in [0.29, 0.717) is 32.0 Å². The molecule has 0 radical (unpaired) electrons. The summed E-state index contributed by atoms with van der Waals surface area (Å²) in [6, 6.07) is 1.51. The third kappa shape index (κ3) is 3.50. The first-order valence-corrected chi connectivity index (χ1v) is 9.10. The molecule has 3 heterocycles. The maximum Gasteiger partial charge on any atom is 0.348 e. The van der Waals surface area contributed by atoms with Gasteiger partial charge in [0.15, 0.2) is 11.9 Å². The zero-order valence-electron chi connectivity index (χ0n) is 15.2. The number of H-pyrrole nitrogens is 1. The van der Waals surface area contributed by atoms with Gasteiger partial charge < -0.3 is 18.9 Å². The van der Waals surface area contributed by atoms with Gasteiger partial charge in [-0.25, -0.2) is 14.6 Å². The summed E-state index contributed by atoms with van der Waals surface area (Å²) in [6.07, 6.45) is 0.603. The zero-order chi connectivity index (χ0) is 19.7. The Morgan fingerprint density at radius 2 is 2.07 bits per heavy atom. The lowest BCUT2D eigenvalue weighted by atomic mass is 10.2. The van der Waals surface area contributed by atoms with Gasteiger partial charge in [0.25, 0.3) is 5.56 Å². The predicted molar refractivity (Wildman–Crippen MR) is 98.2 cm³/mol. The van der Waals surface area contributed by atoms with Crippen LogP contribution in [-0.2, 0) is 9.47 Å². The van der Waals surface area contributed by atoms with Crippen LogP contribution < -0.4 is 5.56 Å². The third-order valence-electron chi connectivity index (χ3n) is 4.03. The number of thiophene rings is 1. The number of carbonyl (C=O) groups excluding carboxylic acids is 2.